The first kappa shape index (κ1) is 23.9. The van der Waals surface area contributed by atoms with Gasteiger partial charge in [-0.2, -0.15) is 0 Å². The van der Waals surface area contributed by atoms with Crippen LogP contribution < -0.4 is 4.90 Å². The van der Waals surface area contributed by atoms with Crippen molar-refractivity contribution in [3.63, 3.8) is 0 Å². The van der Waals surface area contributed by atoms with Crippen LogP contribution >= 0.6 is 0 Å². The van der Waals surface area contributed by atoms with Crippen LogP contribution in [0.2, 0.25) is 0 Å². The summed E-state index contributed by atoms with van der Waals surface area (Å²) in [4.78, 5) is 56.5. The predicted octanol–water partition coefficient (Wildman–Crippen LogP) is 5.91. The van der Waals surface area contributed by atoms with Crippen LogP contribution in [-0.4, -0.2) is 34.4 Å². The van der Waals surface area contributed by atoms with Crippen LogP contribution in [0, 0.1) is 15.5 Å². The van der Waals surface area contributed by atoms with E-state index in [9.17, 15) is 24.5 Å². The number of ketones is 3. The zero-order valence-corrected chi connectivity index (χ0v) is 21.1. The number of Topliss-reactive ketones (excluding diaryl/α,β-unsaturated/α-hetero) is 3. The minimum absolute atomic E-state index is 0.114. The molecule has 3 atom stereocenters. The molecule has 0 N–H and O–H groups in total. The Kier molecular flexibility index (Phi) is 5.19. The Morgan fingerprint density at radius 1 is 0.775 bits per heavy atom. The van der Waals surface area contributed by atoms with Gasteiger partial charge < -0.3 is 4.90 Å². The molecule has 0 unspecified atom stereocenters. The minimum Gasteiger partial charge on any atom is -0.352 e. The van der Waals surface area contributed by atoms with Crippen molar-refractivity contribution in [3.05, 3.63) is 147 Å². The summed E-state index contributed by atoms with van der Waals surface area (Å²) < 4.78 is 0. The Morgan fingerprint density at radius 3 is 2.02 bits per heavy atom. The van der Waals surface area contributed by atoms with Gasteiger partial charge in [0.2, 0.25) is 0 Å². The van der Waals surface area contributed by atoms with E-state index < -0.39 is 28.3 Å². The molecule has 7 heteroatoms. The van der Waals surface area contributed by atoms with Crippen LogP contribution in [0.25, 0.3) is 6.08 Å². The first-order valence-electron chi connectivity index (χ1n) is 13.0. The molecule has 1 saturated heterocycles. The third-order valence-electron chi connectivity index (χ3n) is 8.50. The van der Waals surface area contributed by atoms with Gasteiger partial charge in [-0.15, -0.1) is 0 Å². The number of fused-ring (bicyclic) bond motifs is 5. The molecule has 2 heterocycles. The van der Waals surface area contributed by atoms with Gasteiger partial charge in [0.05, 0.1) is 11.0 Å². The molecular weight excluding hydrogens is 504 g/mol. The number of carbonyl (C=O) groups excluding carboxylic acids is 3. The van der Waals surface area contributed by atoms with Gasteiger partial charge in [0.25, 0.3) is 5.69 Å². The van der Waals surface area contributed by atoms with Crippen molar-refractivity contribution in [2.45, 2.75) is 18.0 Å². The molecule has 7 rings (SSSR count). The highest BCUT2D eigenvalue weighted by Gasteiger charge is 2.71. The largest absolute Gasteiger partial charge is 0.352 e. The Bertz CT molecular complexity index is 1720. The van der Waals surface area contributed by atoms with E-state index in [1.54, 1.807) is 60.7 Å². The molecule has 0 bridgehead atoms. The fraction of sp³-hybridized carbons (Fsp3) is 0.121. The van der Waals surface area contributed by atoms with Gasteiger partial charge in [-0.1, -0.05) is 97.1 Å². The summed E-state index contributed by atoms with van der Waals surface area (Å²) in [5.74, 6) is -1.81. The van der Waals surface area contributed by atoms with Crippen molar-refractivity contribution < 1.29 is 19.3 Å². The molecular formula is C33H22N2O5. The fourth-order valence-corrected chi connectivity index (χ4v) is 6.87. The molecule has 3 aliphatic rings. The van der Waals surface area contributed by atoms with Gasteiger partial charge in [0.1, 0.15) is 11.5 Å². The monoisotopic (exact) mass is 526 g/mol. The predicted molar refractivity (Wildman–Crippen MR) is 150 cm³/mol. The van der Waals surface area contributed by atoms with E-state index in [1.807, 2.05) is 47.4 Å². The van der Waals surface area contributed by atoms with Crippen LogP contribution in [0.15, 0.2) is 109 Å². The third kappa shape index (κ3) is 3.09. The number of benzene rings is 4. The van der Waals surface area contributed by atoms with Crippen molar-refractivity contribution in [1.29, 1.82) is 0 Å². The molecule has 0 radical (unpaired) electrons. The molecule has 1 spiro atoms. The molecule has 0 aromatic heterocycles. The summed E-state index contributed by atoms with van der Waals surface area (Å²) in [5.41, 5.74) is 1.52. The average Bonchev–Trinajstić information content (AvgIpc) is 3.43. The number of non-ortho nitro benzene ring substituents is 1. The van der Waals surface area contributed by atoms with Gasteiger partial charge in [-0.3, -0.25) is 24.5 Å². The maximum atomic E-state index is 14.6. The van der Waals surface area contributed by atoms with Crippen LogP contribution in [0.5, 0.6) is 0 Å². The summed E-state index contributed by atoms with van der Waals surface area (Å²) in [7, 11) is 0. The van der Waals surface area contributed by atoms with Gasteiger partial charge in [0.15, 0.2) is 17.3 Å². The van der Waals surface area contributed by atoms with Crippen LogP contribution in [-0.2, 0) is 0 Å². The third-order valence-corrected chi connectivity index (χ3v) is 8.50. The van der Waals surface area contributed by atoms with Crippen molar-refractivity contribution in [1.82, 2.24) is 0 Å². The summed E-state index contributed by atoms with van der Waals surface area (Å²) in [6.07, 6.45) is 3.77. The lowest BCUT2D eigenvalue weighted by Gasteiger charge is -2.37. The summed E-state index contributed by atoms with van der Waals surface area (Å²) in [6.45, 7) is 0. The number of nitrogens with zero attached hydrogens (tertiary/aromatic N) is 2. The van der Waals surface area contributed by atoms with E-state index in [1.165, 1.54) is 12.1 Å². The van der Waals surface area contributed by atoms with Crippen molar-refractivity contribution >= 4 is 34.8 Å². The topological polar surface area (TPSA) is 97.6 Å². The highest BCUT2D eigenvalue weighted by Crippen LogP contribution is 2.61. The number of hydrogen-bond donors (Lipinski definition) is 0. The molecule has 0 saturated carbocycles. The number of hydrogen-bond acceptors (Lipinski definition) is 6. The fourth-order valence-electron chi connectivity index (χ4n) is 6.87. The van der Waals surface area contributed by atoms with Crippen LogP contribution in [0.3, 0.4) is 0 Å². The molecule has 7 nitrogen and oxygen atoms in total. The lowest BCUT2D eigenvalue weighted by atomic mass is 9.64. The van der Waals surface area contributed by atoms with E-state index in [-0.39, 0.29) is 23.0 Å². The highest BCUT2D eigenvalue weighted by atomic mass is 16.6. The number of anilines is 1. The number of nitro groups is 1. The van der Waals surface area contributed by atoms with Crippen LogP contribution in [0.1, 0.15) is 48.1 Å². The molecule has 40 heavy (non-hydrogen) atoms. The summed E-state index contributed by atoms with van der Waals surface area (Å²) >= 11 is 0. The second-order valence-electron chi connectivity index (χ2n) is 10.3. The lowest BCUT2D eigenvalue weighted by molar-refractivity contribution is -0.384. The number of carbonyl (C=O) groups is 3. The Morgan fingerprint density at radius 2 is 1.38 bits per heavy atom. The number of para-hydroxylation sites is 1. The van der Waals surface area contributed by atoms with Gasteiger partial charge >= 0.3 is 0 Å². The summed E-state index contributed by atoms with van der Waals surface area (Å²) in [5, 5.41) is 11.5. The van der Waals surface area contributed by atoms with E-state index in [4.69, 9.17) is 0 Å². The van der Waals surface area contributed by atoms with Crippen molar-refractivity contribution in [3.8, 4) is 0 Å². The van der Waals surface area contributed by atoms with Gasteiger partial charge in [-0.05, 0) is 17.2 Å². The van der Waals surface area contributed by atoms with Crippen molar-refractivity contribution in [2.24, 2.45) is 5.41 Å². The SMILES string of the molecule is O=C(c1ccccc1)[C@@H]1[C@@H](c2ccc([N+](=O)[O-])cc2)C2(C(=O)c3ccccc3C2=O)[C@@H]2C=Cc3ccccc3N12. The molecule has 2 aliphatic heterocycles. The molecule has 4 aromatic carbocycles. The van der Waals surface area contributed by atoms with E-state index in [0.717, 1.165) is 11.3 Å². The average molecular weight is 527 g/mol. The normalized spacial score (nSPS) is 21.7. The molecule has 1 aliphatic carbocycles. The minimum atomic E-state index is -1.64. The second kappa shape index (κ2) is 8.68. The first-order valence-corrected chi connectivity index (χ1v) is 13.0. The Labute approximate surface area is 229 Å². The van der Waals surface area contributed by atoms with E-state index in [2.05, 4.69) is 0 Å². The molecule has 0 amide bonds. The quantitative estimate of drug-likeness (QED) is 0.142. The zero-order valence-electron chi connectivity index (χ0n) is 21.1. The molecule has 194 valence electrons. The lowest BCUT2D eigenvalue weighted by Crippen LogP contribution is -2.48. The highest BCUT2D eigenvalue weighted by molar-refractivity contribution is 6.32. The first-order chi connectivity index (χ1) is 19.4. The Hall–Kier alpha value is -5.17. The van der Waals surface area contributed by atoms with Crippen LogP contribution in [0.4, 0.5) is 11.4 Å². The Balaban J connectivity index is 1.54. The van der Waals surface area contributed by atoms with E-state index in [0.29, 0.717) is 22.3 Å². The molecule has 1 fully saturated rings. The van der Waals surface area contributed by atoms with E-state index >= 15 is 0 Å². The van der Waals surface area contributed by atoms with Crippen molar-refractivity contribution in [2.75, 3.05) is 4.90 Å². The number of nitro benzene ring substituents is 1. The zero-order chi connectivity index (χ0) is 27.6. The second-order valence-corrected chi connectivity index (χ2v) is 10.3. The number of rotatable bonds is 4. The maximum absolute atomic E-state index is 14.6. The smallest absolute Gasteiger partial charge is 0.269 e. The standard InChI is InChI=1S/C33H22N2O5/c36-30(22-9-2-1-3-10-22)29-28(21-14-17-23(18-15-21)35(39)40)33(31(37)24-11-5-6-12-25(24)32(33)38)27-19-16-20-8-4-7-13-26(20)34(27)29/h1-19,27-29H/t27-,28+,29-/m0/s1. The summed E-state index contributed by atoms with van der Waals surface area (Å²) in [6, 6.07) is 27.5. The maximum Gasteiger partial charge on any atom is 0.269 e. The van der Waals surface area contributed by atoms with Gasteiger partial charge in [-0.25, -0.2) is 0 Å². The molecule has 4 aromatic rings. The van der Waals surface area contributed by atoms with Gasteiger partial charge in [0, 0.05) is 40.4 Å².